The lowest BCUT2D eigenvalue weighted by Crippen LogP contribution is -2.48. The summed E-state index contributed by atoms with van der Waals surface area (Å²) in [7, 11) is 0. The van der Waals surface area contributed by atoms with Crippen molar-refractivity contribution in [1.29, 1.82) is 0 Å². The number of nitrogens with two attached hydrogens (primary N) is 1. The van der Waals surface area contributed by atoms with Crippen LogP contribution in [0.5, 0.6) is 0 Å². The minimum absolute atomic E-state index is 0.122. The summed E-state index contributed by atoms with van der Waals surface area (Å²) < 4.78 is 0. The topological polar surface area (TPSA) is 79.5 Å². The Kier molecular flexibility index (Phi) is 3.14. The first kappa shape index (κ1) is 12.4. The number of aliphatic hydroxyl groups is 1. The molecule has 0 aliphatic carbocycles. The number of carbonyl (C=O) groups is 1. The van der Waals surface area contributed by atoms with Gasteiger partial charge in [0.1, 0.15) is 0 Å². The highest BCUT2D eigenvalue weighted by Gasteiger charge is 2.42. The second kappa shape index (κ2) is 4.81. The van der Waals surface area contributed by atoms with Crippen LogP contribution in [0.2, 0.25) is 0 Å². The minimum Gasteiger partial charge on any atom is -0.397 e. The number of carbonyl (C=O) groups excluding carboxylic acids is 1. The maximum Gasteiger partial charge on any atom is 0.229 e. The predicted molar refractivity (Wildman–Crippen MR) is 71.3 cm³/mol. The summed E-state index contributed by atoms with van der Waals surface area (Å²) in [5.74, 6) is 0.122. The number of pyridine rings is 1. The van der Waals surface area contributed by atoms with Gasteiger partial charge in [-0.3, -0.25) is 9.78 Å². The summed E-state index contributed by atoms with van der Waals surface area (Å²) >= 11 is 0. The summed E-state index contributed by atoms with van der Waals surface area (Å²) in [6.07, 6.45) is 5.14. The predicted octanol–water partition coefficient (Wildman–Crippen LogP) is 0.721. The van der Waals surface area contributed by atoms with Gasteiger partial charge in [-0.25, -0.2) is 0 Å². The molecule has 3 N–H and O–H groups in total. The van der Waals surface area contributed by atoms with Gasteiger partial charge in [-0.2, -0.15) is 0 Å². The highest BCUT2D eigenvalue weighted by Crippen LogP contribution is 2.36. The molecule has 3 heterocycles. The summed E-state index contributed by atoms with van der Waals surface area (Å²) in [6, 6.07) is 4.00. The zero-order chi connectivity index (χ0) is 13.4. The van der Waals surface area contributed by atoms with Crippen LogP contribution in [-0.2, 0) is 11.2 Å². The third-order valence-electron chi connectivity index (χ3n) is 4.18. The molecule has 1 amide bonds. The van der Waals surface area contributed by atoms with E-state index >= 15 is 0 Å². The molecule has 102 valence electrons. The van der Waals surface area contributed by atoms with Crippen molar-refractivity contribution in [1.82, 2.24) is 9.88 Å². The molecule has 2 aliphatic heterocycles. The van der Waals surface area contributed by atoms with E-state index in [1.54, 1.807) is 18.3 Å². The lowest BCUT2D eigenvalue weighted by Gasteiger charge is -2.37. The molecule has 1 aromatic rings. The van der Waals surface area contributed by atoms with Crippen LogP contribution in [0.1, 0.15) is 31.4 Å². The number of aromatic nitrogens is 1. The maximum absolute atomic E-state index is 12.4. The van der Waals surface area contributed by atoms with Gasteiger partial charge in [0.15, 0.2) is 0 Å². The molecule has 2 aliphatic rings. The lowest BCUT2D eigenvalue weighted by atomic mass is 9.99. The highest BCUT2D eigenvalue weighted by atomic mass is 16.3. The summed E-state index contributed by atoms with van der Waals surface area (Å²) in [6.45, 7) is 0. The number of hydrogen-bond acceptors (Lipinski definition) is 4. The Bertz CT molecular complexity index is 460. The van der Waals surface area contributed by atoms with E-state index in [1.807, 2.05) is 4.90 Å². The first-order valence-corrected chi connectivity index (χ1v) is 6.83. The van der Waals surface area contributed by atoms with E-state index in [9.17, 15) is 9.90 Å². The van der Waals surface area contributed by atoms with Crippen molar-refractivity contribution < 1.29 is 9.90 Å². The maximum atomic E-state index is 12.4. The van der Waals surface area contributed by atoms with E-state index in [2.05, 4.69) is 4.98 Å². The summed E-state index contributed by atoms with van der Waals surface area (Å²) in [5, 5.41) is 9.75. The number of nitrogens with zero attached hydrogens (tertiary/aromatic N) is 2. The molecule has 2 unspecified atom stereocenters. The van der Waals surface area contributed by atoms with Gasteiger partial charge in [0.25, 0.3) is 0 Å². The fourth-order valence-corrected chi connectivity index (χ4v) is 3.34. The Labute approximate surface area is 112 Å². The van der Waals surface area contributed by atoms with Crippen molar-refractivity contribution >= 4 is 11.6 Å². The van der Waals surface area contributed by atoms with Gasteiger partial charge in [0, 0.05) is 17.8 Å². The van der Waals surface area contributed by atoms with Crippen LogP contribution in [0.15, 0.2) is 18.3 Å². The van der Waals surface area contributed by atoms with Gasteiger partial charge in [0.05, 0.1) is 24.4 Å². The van der Waals surface area contributed by atoms with E-state index in [1.165, 1.54) is 0 Å². The average Bonchev–Trinajstić information content (AvgIpc) is 2.65. The molecule has 2 bridgehead atoms. The van der Waals surface area contributed by atoms with Crippen LogP contribution in [0.4, 0.5) is 5.69 Å². The number of piperidine rings is 1. The van der Waals surface area contributed by atoms with E-state index in [0.29, 0.717) is 12.1 Å². The molecule has 0 aromatic carbocycles. The van der Waals surface area contributed by atoms with Crippen molar-refractivity contribution in [2.75, 3.05) is 5.73 Å². The fourth-order valence-electron chi connectivity index (χ4n) is 3.34. The zero-order valence-corrected chi connectivity index (χ0v) is 10.8. The number of anilines is 1. The van der Waals surface area contributed by atoms with Crippen LogP contribution < -0.4 is 5.73 Å². The van der Waals surface area contributed by atoms with Crippen molar-refractivity contribution in [2.45, 2.75) is 50.3 Å². The first-order valence-electron chi connectivity index (χ1n) is 6.83. The Morgan fingerprint density at radius 1 is 1.37 bits per heavy atom. The van der Waals surface area contributed by atoms with Crippen molar-refractivity contribution in [3.8, 4) is 0 Å². The second-order valence-corrected chi connectivity index (χ2v) is 5.57. The second-order valence-electron chi connectivity index (χ2n) is 5.57. The highest BCUT2D eigenvalue weighted by molar-refractivity contribution is 5.79. The van der Waals surface area contributed by atoms with Gasteiger partial charge in [0.2, 0.25) is 5.91 Å². The van der Waals surface area contributed by atoms with Crippen molar-refractivity contribution in [2.24, 2.45) is 0 Å². The molecule has 2 fully saturated rings. The van der Waals surface area contributed by atoms with E-state index in [0.717, 1.165) is 31.4 Å². The van der Waals surface area contributed by atoms with E-state index < -0.39 is 0 Å². The molecule has 3 rings (SSSR count). The largest absolute Gasteiger partial charge is 0.397 e. The fraction of sp³-hybridized carbons (Fsp3) is 0.571. The van der Waals surface area contributed by atoms with Gasteiger partial charge in [-0.05, 0) is 37.8 Å². The summed E-state index contributed by atoms with van der Waals surface area (Å²) in [4.78, 5) is 18.5. The number of fused-ring (bicyclic) bond motifs is 2. The third-order valence-corrected chi connectivity index (χ3v) is 4.18. The monoisotopic (exact) mass is 261 g/mol. The SMILES string of the molecule is Nc1ccc(CC(=O)N2C3CCC2CC(O)C3)nc1. The van der Waals surface area contributed by atoms with Crippen LogP contribution in [0, 0.1) is 0 Å². The zero-order valence-electron chi connectivity index (χ0n) is 10.8. The van der Waals surface area contributed by atoms with E-state index in [4.69, 9.17) is 5.73 Å². The summed E-state index contributed by atoms with van der Waals surface area (Å²) in [5.41, 5.74) is 6.95. The number of nitrogen functional groups attached to an aromatic ring is 1. The minimum atomic E-state index is -0.240. The molecule has 0 spiro atoms. The molecule has 5 heteroatoms. The molecule has 0 saturated carbocycles. The standard InChI is InChI=1S/C14H19N3O2/c15-9-1-2-10(16-8-9)5-14(19)17-11-3-4-12(17)7-13(18)6-11/h1-2,8,11-13,18H,3-7,15H2. The van der Waals surface area contributed by atoms with Crippen LogP contribution in [0.3, 0.4) is 0 Å². The molecule has 1 aromatic heterocycles. The smallest absolute Gasteiger partial charge is 0.229 e. The Balaban J connectivity index is 1.69. The molecule has 19 heavy (non-hydrogen) atoms. The van der Waals surface area contributed by atoms with Crippen LogP contribution >= 0.6 is 0 Å². The van der Waals surface area contributed by atoms with Gasteiger partial charge < -0.3 is 15.7 Å². The van der Waals surface area contributed by atoms with Gasteiger partial charge >= 0.3 is 0 Å². The number of hydrogen-bond donors (Lipinski definition) is 2. The lowest BCUT2D eigenvalue weighted by molar-refractivity contribution is -0.136. The van der Waals surface area contributed by atoms with Crippen molar-refractivity contribution in [3.63, 3.8) is 0 Å². The average molecular weight is 261 g/mol. The number of amides is 1. The van der Waals surface area contributed by atoms with Gasteiger partial charge in [-0.15, -0.1) is 0 Å². The third kappa shape index (κ3) is 2.42. The molecule has 0 radical (unpaired) electrons. The van der Waals surface area contributed by atoms with E-state index in [-0.39, 0.29) is 24.1 Å². The number of aliphatic hydroxyl groups excluding tert-OH is 1. The Hall–Kier alpha value is -1.62. The van der Waals surface area contributed by atoms with Crippen molar-refractivity contribution in [3.05, 3.63) is 24.0 Å². The number of rotatable bonds is 2. The quantitative estimate of drug-likeness (QED) is 0.822. The Morgan fingerprint density at radius 2 is 2.05 bits per heavy atom. The van der Waals surface area contributed by atoms with Gasteiger partial charge in [-0.1, -0.05) is 0 Å². The van der Waals surface area contributed by atoms with Crippen LogP contribution in [-0.4, -0.2) is 39.1 Å². The molecule has 2 atom stereocenters. The molecular formula is C14H19N3O2. The molecule has 5 nitrogen and oxygen atoms in total. The molecular weight excluding hydrogens is 242 g/mol. The normalized spacial score (nSPS) is 29.5. The Morgan fingerprint density at radius 3 is 2.63 bits per heavy atom. The molecule has 2 saturated heterocycles. The first-order chi connectivity index (χ1) is 9.13. The van der Waals surface area contributed by atoms with Crippen LogP contribution in [0.25, 0.3) is 0 Å².